The summed E-state index contributed by atoms with van der Waals surface area (Å²) in [7, 11) is 0. The quantitative estimate of drug-likeness (QED) is 0.313. The summed E-state index contributed by atoms with van der Waals surface area (Å²) in [6.07, 6.45) is 1.64. The molecular weight excluding hydrogens is 512 g/mol. The molecule has 1 aromatic carbocycles. The van der Waals surface area contributed by atoms with Gasteiger partial charge in [-0.3, -0.25) is 4.79 Å². The number of hydrogen-bond donors (Lipinski definition) is 5. The van der Waals surface area contributed by atoms with Crippen LogP contribution in [0.15, 0.2) is 24.3 Å². The monoisotopic (exact) mass is 556 g/mol. The molecule has 7 nitrogen and oxygen atoms in total. The summed E-state index contributed by atoms with van der Waals surface area (Å²) in [5, 5.41) is 36.8. The van der Waals surface area contributed by atoms with Gasteiger partial charge in [0, 0.05) is 0 Å². The molecule has 0 aliphatic carbocycles. The first kappa shape index (κ1) is 30.7. The van der Waals surface area contributed by atoms with E-state index in [1.165, 1.54) is 22.9 Å². The van der Waals surface area contributed by atoms with E-state index in [0.29, 0.717) is 12.3 Å². The van der Waals surface area contributed by atoms with Crippen LogP contribution < -0.4 is 10.6 Å². The maximum absolute atomic E-state index is 13.2. The average molecular weight is 557 g/mol. The molecule has 0 radical (unpaired) electrons. The van der Waals surface area contributed by atoms with Gasteiger partial charge in [-0.1, -0.05) is 45.0 Å². The Bertz CT molecular complexity index is 863. The molecule has 3 unspecified atom stereocenters. The van der Waals surface area contributed by atoms with Gasteiger partial charge >= 0.3 is 0 Å². The van der Waals surface area contributed by atoms with Crippen LogP contribution in [0.5, 0.6) is 0 Å². The SMILES string of the molecule is CSC1O[C@H]([C@H](NC(=O)[C@@H]2CC[C@H](CCc3ccc(C(C)(C)C)cc3)CCN2)[C@H](C)Cl)C(O)C(O)[C@H]1O. The van der Waals surface area contributed by atoms with Crippen LogP contribution in [0, 0.1) is 5.92 Å². The summed E-state index contributed by atoms with van der Waals surface area (Å²) in [5.41, 5.74) is 2.12. The molecule has 9 atom stereocenters. The molecule has 210 valence electrons. The van der Waals surface area contributed by atoms with Crippen LogP contribution in [0.4, 0.5) is 0 Å². The highest BCUT2D eigenvalue weighted by atomic mass is 35.5. The summed E-state index contributed by atoms with van der Waals surface area (Å²) in [6.45, 7) is 9.15. The Hall–Kier alpha value is -0.870. The number of amides is 1. The maximum atomic E-state index is 13.2. The van der Waals surface area contributed by atoms with Crippen molar-refractivity contribution in [1.82, 2.24) is 10.6 Å². The minimum absolute atomic E-state index is 0.153. The van der Waals surface area contributed by atoms with Crippen molar-refractivity contribution in [3.8, 4) is 0 Å². The third-order valence-electron chi connectivity index (χ3n) is 7.78. The standard InChI is InChI=1S/C28H45ClN2O5S/c1-16(29)21(25-23(33)22(32)24(34)27(36-25)37-5)31-26(35)20-13-10-18(14-15-30-20)7-6-17-8-11-19(12-9-17)28(2,3)4/h8-9,11-12,16,18,20-25,27,30,32-34H,6-7,10,13-15H2,1-5H3,(H,31,35)/t16-,18-,20-,21+,22?,23?,24+,25+,27?/m0/s1. The van der Waals surface area contributed by atoms with E-state index < -0.39 is 41.3 Å². The van der Waals surface area contributed by atoms with Gasteiger partial charge in [-0.25, -0.2) is 0 Å². The Morgan fingerprint density at radius 1 is 1.14 bits per heavy atom. The summed E-state index contributed by atoms with van der Waals surface area (Å²) in [5.74, 6) is 0.353. The Labute approximate surface area is 231 Å². The van der Waals surface area contributed by atoms with Crippen molar-refractivity contribution >= 4 is 29.3 Å². The van der Waals surface area contributed by atoms with Gasteiger partial charge in [-0.15, -0.1) is 23.4 Å². The van der Waals surface area contributed by atoms with Gasteiger partial charge in [0.1, 0.15) is 29.9 Å². The van der Waals surface area contributed by atoms with Crippen molar-refractivity contribution in [1.29, 1.82) is 0 Å². The number of aryl methyl sites for hydroxylation is 1. The fourth-order valence-electron chi connectivity index (χ4n) is 5.25. The molecule has 1 amide bonds. The highest BCUT2D eigenvalue weighted by Gasteiger charge is 2.48. The van der Waals surface area contributed by atoms with E-state index in [0.717, 1.165) is 32.2 Å². The zero-order valence-electron chi connectivity index (χ0n) is 22.7. The third kappa shape index (κ3) is 8.07. The van der Waals surface area contributed by atoms with Crippen molar-refractivity contribution < 1.29 is 24.9 Å². The summed E-state index contributed by atoms with van der Waals surface area (Å²) in [6, 6.07) is 7.84. The minimum atomic E-state index is -1.38. The second-order valence-electron chi connectivity index (χ2n) is 11.6. The van der Waals surface area contributed by atoms with E-state index in [4.69, 9.17) is 16.3 Å². The Morgan fingerprint density at radius 3 is 2.41 bits per heavy atom. The number of ether oxygens (including phenoxy) is 1. The number of alkyl halides is 1. The molecule has 0 aromatic heterocycles. The van der Waals surface area contributed by atoms with E-state index in [1.54, 1.807) is 13.2 Å². The lowest BCUT2D eigenvalue weighted by molar-refractivity contribution is -0.205. The molecule has 2 heterocycles. The van der Waals surface area contributed by atoms with Crippen molar-refractivity contribution in [2.75, 3.05) is 12.8 Å². The van der Waals surface area contributed by atoms with E-state index >= 15 is 0 Å². The lowest BCUT2D eigenvalue weighted by Gasteiger charge is -2.44. The van der Waals surface area contributed by atoms with E-state index in [1.807, 2.05) is 0 Å². The molecule has 3 rings (SSSR count). The second-order valence-corrected chi connectivity index (χ2v) is 13.2. The molecule has 2 fully saturated rings. The van der Waals surface area contributed by atoms with Crippen LogP contribution in [-0.4, -0.2) is 81.3 Å². The van der Waals surface area contributed by atoms with Crippen LogP contribution in [0.1, 0.15) is 64.5 Å². The van der Waals surface area contributed by atoms with Crippen molar-refractivity contribution in [3.05, 3.63) is 35.4 Å². The number of carbonyl (C=O) groups is 1. The highest BCUT2D eigenvalue weighted by molar-refractivity contribution is 7.99. The lowest BCUT2D eigenvalue weighted by Crippen LogP contribution is -2.65. The first-order valence-electron chi connectivity index (χ1n) is 13.4. The smallest absolute Gasteiger partial charge is 0.237 e. The summed E-state index contributed by atoms with van der Waals surface area (Å²) < 4.78 is 5.87. The fraction of sp³-hybridized carbons (Fsp3) is 0.750. The van der Waals surface area contributed by atoms with Gasteiger partial charge in [-0.05, 0) is 74.3 Å². The molecule has 0 saturated carbocycles. The van der Waals surface area contributed by atoms with E-state index in [2.05, 4.69) is 55.7 Å². The highest BCUT2D eigenvalue weighted by Crippen LogP contribution is 2.31. The first-order valence-corrected chi connectivity index (χ1v) is 15.1. The maximum Gasteiger partial charge on any atom is 0.237 e. The molecule has 0 bridgehead atoms. The molecule has 5 N–H and O–H groups in total. The number of aliphatic hydroxyl groups excluding tert-OH is 3. The Kier molecular flexibility index (Phi) is 11.2. The largest absolute Gasteiger partial charge is 0.388 e. The number of hydrogen-bond acceptors (Lipinski definition) is 7. The van der Waals surface area contributed by atoms with Gasteiger partial charge < -0.3 is 30.7 Å². The van der Waals surface area contributed by atoms with Crippen LogP contribution in [0.25, 0.3) is 0 Å². The van der Waals surface area contributed by atoms with Gasteiger partial charge in [0.05, 0.1) is 17.5 Å². The summed E-state index contributed by atoms with van der Waals surface area (Å²) in [4.78, 5) is 13.2. The molecule has 0 spiro atoms. The topological polar surface area (TPSA) is 111 Å². The fourth-order valence-corrected chi connectivity index (χ4v) is 6.14. The Balaban J connectivity index is 1.54. The number of halogens is 1. The first-order chi connectivity index (χ1) is 17.4. The summed E-state index contributed by atoms with van der Waals surface area (Å²) >= 11 is 7.65. The number of carbonyl (C=O) groups excluding carboxylic acids is 1. The molecule has 37 heavy (non-hydrogen) atoms. The number of nitrogens with one attached hydrogen (secondary N) is 2. The third-order valence-corrected chi connectivity index (χ3v) is 8.91. The predicted octanol–water partition coefficient (Wildman–Crippen LogP) is 2.96. The molecule has 2 aliphatic heterocycles. The normalized spacial score (nSPS) is 32.8. The predicted molar refractivity (Wildman–Crippen MR) is 150 cm³/mol. The molecule has 2 aliphatic rings. The molecular formula is C28H45ClN2O5S. The van der Waals surface area contributed by atoms with Gasteiger partial charge in [0.25, 0.3) is 0 Å². The minimum Gasteiger partial charge on any atom is -0.388 e. The Morgan fingerprint density at radius 2 is 1.81 bits per heavy atom. The van der Waals surface area contributed by atoms with Gasteiger partial charge in [0.15, 0.2) is 0 Å². The zero-order valence-corrected chi connectivity index (χ0v) is 24.3. The second kappa shape index (κ2) is 13.5. The molecule has 1 aromatic rings. The van der Waals surface area contributed by atoms with Gasteiger partial charge in [-0.2, -0.15) is 0 Å². The van der Waals surface area contributed by atoms with Crippen molar-refractivity contribution in [2.45, 2.75) is 113 Å². The van der Waals surface area contributed by atoms with Crippen LogP contribution in [0.3, 0.4) is 0 Å². The van der Waals surface area contributed by atoms with Crippen LogP contribution in [0.2, 0.25) is 0 Å². The van der Waals surface area contributed by atoms with Crippen LogP contribution >= 0.6 is 23.4 Å². The lowest BCUT2D eigenvalue weighted by atomic mass is 9.86. The number of aliphatic hydroxyl groups is 3. The number of rotatable bonds is 8. The number of benzene rings is 1. The van der Waals surface area contributed by atoms with E-state index in [-0.39, 0.29) is 17.4 Å². The number of thioether (sulfide) groups is 1. The van der Waals surface area contributed by atoms with Gasteiger partial charge in [0.2, 0.25) is 5.91 Å². The average Bonchev–Trinajstić information content (AvgIpc) is 3.10. The van der Waals surface area contributed by atoms with E-state index in [9.17, 15) is 20.1 Å². The molecule has 9 heteroatoms. The molecule has 2 saturated heterocycles. The van der Waals surface area contributed by atoms with Crippen LogP contribution in [-0.2, 0) is 21.4 Å². The van der Waals surface area contributed by atoms with Crippen molar-refractivity contribution in [3.63, 3.8) is 0 Å². The zero-order chi connectivity index (χ0) is 27.3. The van der Waals surface area contributed by atoms with Crippen molar-refractivity contribution in [2.24, 2.45) is 5.92 Å².